The highest BCUT2D eigenvalue weighted by Gasteiger charge is 2.14. The largest absolute Gasteiger partial charge is 0.303 e. The van der Waals surface area contributed by atoms with Gasteiger partial charge in [-0.15, -0.1) is 0 Å². The van der Waals surface area contributed by atoms with Gasteiger partial charge in [0.15, 0.2) is 0 Å². The summed E-state index contributed by atoms with van der Waals surface area (Å²) in [5, 5.41) is 0. The summed E-state index contributed by atoms with van der Waals surface area (Å²) in [6.45, 7) is 5.70. The molecule has 0 atom stereocenters. The molecule has 0 saturated carbocycles. The second kappa shape index (κ2) is 6.50. The summed E-state index contributed by atoms with van der Waals surface area (Å²) in [6.07, 6.45) is 3.41. The van der Waals surface area contributed by atoms with Gasteiger partial charge in [0.25, 0.3) is 0 Å². The van der Waals surface area contributed by atoms with Crippen LogP contribution in [0.2, 0.25) is 0 Å². The second-order valence-corrected chi connectivity index (χ2v) is 6.88. The number of hydrogen-bond acceptors (Lipinski definition) is 3. The van der Waals surface area contributed by atoms with Gasteiger partial charge in [0.05, 0.1) is 4.90 Å². The second-order valence-electron chi connectivity index (χ2n) is 5.12. The molecule has 0 bridgehead atoms. The SMILES string of the molecule is Cc1cccc(S(=O)(=O)NCCCN2CCCC2)c1. The number of sulfonamides is 1. The van der Waals surface area contributed by atoms with Crippen molar-refractivity contribution in [2.75, 3.05) is 26.2 Å². The Kier molecular flexibility index (Phi) is 4.96. The van der Waals surface area contributed by atoms with Gasteiger partial charge in [-0.1, -0.05) is 12.1 Å². The lowest BCUT2D eigenvalue weighted by molar-refractivity contribution is 0.334. The molecular weight excluding hydrogens is 260 g/mol. The standard InChI is InChI=1S/C14H22N2O2S/c1-13-6-4-7-14(12-13)19(17,18)15-8-5-11-16-9-2-3-10-16/h4,6-7,12,15H,2-3,5,8-11H2,1H3. The van der Waals surface area contributed by atoms with E-state index in [0.717, 1.165) is 31.6 Å². The normalized spacial score (nSPS) is 16.9. The Bertz CT molecular complexity index is 508. The van der Waals surface area contributed by atoms with Gasteiger partial charge < -0.3 is 4.90 Å². The summed E-state index contributed by atoms with van der Waals surface area (Å²) in [4.78, 5) is 2.75. The van der Waals surface area contributed by atoms with Gasteiger partial charge in [0.1, 0.15) is 0 Å². The molecule has 19 heavy (non-hydrogen) atoms. The molecule has 1 aromatic rings. The van der Waals surface area contributed by atoms with Crippen molar-refractivity contribution in [1.29, 1.82) is 0 Å². The van der Waals surface area contributed by atoms with Crippen LogP contribution in [0, 0.1) is 6.92 Å². The smallest absolute Gasteiger partial charge is 0.240 e. The summed E-state index contributed by atoms with van der Waals surface area (Å²) in [7, 11) is -3.35. The van der Waals surface area contributed by atoms with Crippen LogP contribution in [0.1, 0.15) is 24.8 Å². The molecule has 0 radical (unpaired) electrons. The van der Waals surface area contributed by atoms with Crippen LogP contribution in [0.3, 0.4) is 0 Å². The highest BCUT2D eigenvalue weighted by molar-refractivity contribution is 7.89. The first-order valence-electron chi connectivity index (χ1n) is 6.87. The van der Waals surface area contributed by atoms with Gasteiger partial charge in [-0.3, -0.25) is 0 Å². The molecule has 1 N–H and O–H groups in total. The van der Waals surface area contributed by atoms with Gasteiger partial charge in [0, 0.05) is 6.54 Å². The molecule has 1 aromatic carbocycles. The highest BCUT2D eigenvalue weighted by Crippen LogP contribution is 2.11. The van der Waals surface area contributed by atoms with E-state index in [0.29, 0.717) is 11.4 Å². The minimum absolute atomic E-state index is 0.355. The van der Waals surface area contributed by atoms with Gasteiger partial charge in [0.2, 0.25) is 10.0 Å². The van der Waals surface area contributed by atoms with Gasteiger partial charge in [-0.25, -0.2) is 13.1 Å². The van der Waals surface area contributed by atoms with Gasteiger partial charge in [-0.05, 0) is 63.5 Å². The Morgan fingerprint density at radius 1 is 1.26 bits per heavy atom. The quantitative estimate of drug-likeness (QED) is 0.809. The maximum absolute atomic E-state index is 12.1. The van der Waals surface area contributed by atoms with Crippen molar-refractivity contribution in [3.63, 3.8) is 0 Å². The number of hydrogen-bond donors (Lipinski definition) is 1. The Morgan fingerprint density at radius 2 is 2.00 bits per heavy atom. The fourth-order valence-electron chi connectivity index (χ4n) is 2.38. The van der Waals surface area contributed by atoms with Crippen LogP contribution in [0.15, 0.2) is 29.2 Å². The van der Waals surface area contributed by atoms with E-state index in [-0.39, 0.29) is 0 Å². The Hall–Kier alpha value is -0.910. The molecule has 5 heteroatoms. The van der Waals surface area contributed by atoms with E-state index in [2.05, 4.69) is 9.62 Å². The molecule has 2 rings (SSSR count). The van der Waals surface area contributed by atoms with Crippen molar-refractivity contribution in [1.82, 2.24) is 9.62 Å². The van der Waals surface area contributed by atoms with Crippen molar-refractivity contribution >= 4 is 10.0 Å². The van der Waals surface area contributed by atoms with E-state index in [1.165, 1.54) is 12.8 Å². The molecule has 1 aliphatic heterocycles. The predicted molar refractivity (Wildman–Crippen MR) is 76.7 cm³/mol. The Labute approximate surface area is 115 Å². The van der Waals surface area contributed by atoms with E-state index in [4.69, 9.17) is 0 Å². The van der Waals surface area contributed by atoms with Crippen molar-refractivity contribution in [3.05, 3.63) is 29.8 Å². The molecule has 0 amide bonds. The maximum atomic E-state index is 12.1. The molecule has 106 valence electrons. The third kappa shape index (κ3) is 4.30. The third-order valence-electron chi connectivity index (χ3n) is 3.44. The third-order valence-corrected chi connectivity index (χ3v) is 4.90. The maximum Gasteiger partial charge on any atom is 0.240 e. The van der Waals surface area contributed by atoms with Crippen molar-refractivity contribution < 1.29 is 8.42 Å². The molecule has 1 saturated heterocycles. The molecule has 0 unspecified atom stereocenters. The van der Waals surface area contributed by atoms with E-state index >= 15 is 0 Å². The van der Waals surface area contributed by atoms with Crippen LogP contribution in [-0.2, 0) is 10.0 Å². The average Bonchev–Trinajstić information content (AvgIpc) is 2.88. The van der Waals surface area contributed by atoms with Crippen LogP contribution in [0.5, 0.6) is 0 Å². The number of rotatable bonds is 6. The minimum atomic E-state index is -3.35. The van der Waals surface area contributed by atoms with Crippen LogP contribution in [0.25, 0.3) is 0 Å². The minimum Gasteiger partial charge on any atom is -0.303 e. The molecule has 1 heterocycles. The fourth-order valence-corrected chi connectivity index (χ4v) is 3.56. The first kappa shape index (κ1) is 14.5. The summed E-state index contributed by atoms with van der Waals surface area (Å²) in [6, 6.07) is 7.00. The number of nitrogens with one attached hydrogen (secondary N) is 1. The highest BCUT2D eigenvalue weighted by atomic mass is 32.2. The van der Waals surface area contributed by atoms with Crippen LogP contribution >= 0.6 is 0 Å². The lowest BCUT2D eigenvalue weighted by atomic mass is 10.2. The first-order valence-corrected chi connectivity index (χ1v) is 8.35. The first-order chi connectivity index (χ1) is 9.08. The Morgan fingerprint density at radius 3 is 2.68 bits per heavy atom. The molecule has 0 spiro atoms. The fraction of sp³-hybridized carbons (Fsp3) is 0.571. The molecule has 1 fully saturated rings. The number of aryl methyl sites for hydroxylation is 1. The molecule has 0 aromatic heterocycles. The van der Waals surface area contributed by atoms with Crippen molar-refractivity contribution in [2.45, 2.75) is 31.1 Å². The van der Waals surface area contributed by atoms with E-state index in [1.807, 2.05) is 13.0 Å². The van der Waals surface area contributed by atoms with Crippen molar-refractivity contribution in [3.8, 4) is 0 Å². The summed E-state index contributed by atoms with van der Waals surface area (Å²) in [5.74, 6) is 0. The number of likely N-dealkylation sites (tertiary alicyclic amines) is 1. The predicted octanol–water partition coefficient (Wildman–Crippen LogP) is 1.76. The topological polar surface area (TPSA) is 49.4 Å². The zero-order chi connectivity index (χ0) is 13.7. The van der Waals surface area contributed by atoms with Crippen LogP contribution in [-0.4, -0.2) is 39.5 Å². The molecular formula is C14H22N2O2S. The lowest BCUT2D eigenvalue weighted by Gasteiger charge is -2.14. The molecule has 4 nitrogen and oxygen atoms in total. The number of benzene rings is 1. The zero-order valence-electron chi connectivity index (χ0n) is 11.4. The zero-order valence-corrected chi connectivity index (χ0v) is 12.2. The molecule has 0 aliphatic carbocycles. The summed E-state index contributed by atoms with van der Waals surface area (Å²) < 4.78 is 26.8. The lowest BCUT2D eigenvalue weighted by Crippen LogP contribution is -2.28. The van der Waals surface area contributed by atoms with Gasteiger partial charge >= 0.3 is 0 Å². The monoisotopic (exact) mass is 282 g/mol. The number of nitrogens with zero attached hydrogens (tertiary/aromatic N) is 1. The van der Waals surface area contributed by atoms with Crippen LogP contribution < -0.4 is 4.72 Å². The van der Waals surface area contributed by atoms with Gasteiger partial charge in [-0.2, -0.15) is 0 Å². The average molecular weight is 282 g/mol. The Balaban J connectivity index is 1.80. The molecule has 1 aliphatic rings. The van der Waals surface area contributed by atoms with E-state index in [9.17, 15) is 8.42 Å². The summed E-state index contributed by atoms with van der Waals surface area (Å²) in [5.41, 5.74) is 0.958. The van der Waals surface area contributed by atoms with Crippen molar-refractivity contribution in [2.24, 2.45) is 0 Å². The van der Waals surface area contributed by atoms with E-state index in [1.54, 1.807) is 18.2 Å². The summed E-state index contributed by atoms with van der Waals surface area (Å²) >= 11 is 0. The van der Waals surface area contributed by atoms with Crippen LogP contribution in [0.4, 0.5) is 0 Å². The van der Waals surface area contributed by atoms with E-state index < -0.39 is 10.0 Å².